The molecule has 0 bridgehead atoms. The molecule has 24 heavy (non-hydrogen) atoms. The van der Waals surface area contributed by atoms with Crippen molar-refractivity contribution in [2.75, 3.05) is 12.4 Å². The molecule has 0 fully saturated rings. The van der Waals surface area contributed by atoms with Crippen LogP contribution in [0.4, 0.5) is 5.69 Å². The fraction of sp³-hybridized carbons (Fsp3) is 0.111. The number of hydrogen-bond acceptors (Lipinski definition) is 3. The van der Waals surface area contributed by atoms with E-state index in [2.05, 4.69) is 31.8 Å². The van der Waals surface area contributed by atoms with Crippen LogP contribution in [0.1, 0.15) is 12.5 Å². The molecule has 0 aliphatic rings. The Balaban J connectivity index is 1.86. The number of thiocarbonyl (C=S) groups is 1. The van der Waals surface area contributed by atoms with Crippen molar-refractivity contribution in [2.24, 2.45) is 5.10 Å². The van der Waals surface area contributed by atoms with Crippen molar-refractivity contribution in [1.82, 2.24) is 5.43 Å². The Bertz CT molecular complexity index is 740. The van der Waals surface area contributed by atoms with Gasteiger partial charge in [-0.25, -0.2) is 0 Å². The van der Waals surface area contributed by atoms with E-state index in [4.69, 9.17) is 17.0 Å². The lowest BCUT2D eigenvalue weighted by Gasteiger charge is -2.07. The van der Waals surface area contributed by atoms with Gasteiger partial charge in [-0.2, -0.15) is 5.10 Å². The Hall–Kier alpha value is -2.18. The number of anilines is 1. The van der Waals surface area contributed by atoms with Crippen LogP contribution >= 0.6 is 28.1 Å². The molecule has 0 radical (unpaired) electrons. The molecule has 2 aromatic carbocycles. The number of methoxy groups -OCH3 is 1. The summed E-state index contributed by atoms with van der Waals surface area (Å²) in [5, 5.41) is 7.73. The lowest BCUT2D eigenvalue weighted by molar-refractivity contribution is 0.415. The molecule has 6 heteroatoms. The lowest BCUT2D eigenvalue weighted by Crippen LogP contribution is -2.24. The molecule has 0 spiro atoms. The Labute approximate surface area is 155 Å². The second kappa shape index (κ2) is 9.20. The van der Waals surface area contributed by atoms with E-state index in [1.807, 2.05) is 67.6 Å². The van der Waals surface area contributed by atoms with Crippen molar-refractivity contribution >= 4 is 50.7 Å². The number of hydrazone groups is 1. The quantitative estimate of drug-likeness (QED) is 0.426. The van der Waals surface area contributed by atoms with Gasteiger partial charge in [-0.1, -0.05) is 34.1 Å². The summed E-state index contributed by atoms with van der Waals surface area (Å²) in [7, 11) is 1.65. The minimum atomic E-state index is 0.439. The maximum absolute atomic E-state index is 5.21. The van der Waals surface area contributed by atoms with Crippen molar-refractivity contribution in [3.8, 4) is 5.75 Å². The van der Waals surface area contributed by atoms with Crippen molar-refractivity contribution in [1.29, 1.82) is 0 Å². The molecular formula is C18H18BrN3OS. The van der Waals surface area contributed by atoms with Crippen LogP contribution < -0.4 is 15.5 Å². The Morgan fingerprint density at radius 3 is 2.42 bits per heavy atom. The van der Waals surface area contributed by atoms with E-state index in [-0.39, 0.29) is 0 Å². The highest BCUT2D eigenvalue weighted by Gasteiger charge is 1.96. The Morgan fingerprint density at radius 2 is 1.79 bits per heavy atom. The predicted molar refractivity (Wildman–Crippen MR) is 109 cm³/mol. The lowest BCUT2D eigenvalue weighted by atomic mass is 10.2. The Kier molecular flexibility index (Phi) is 6.96. The number of nitrogens with zero attached hydrogens (tertiary/aromatic N) is 1. The largest absolute Gasteiger partial charge is 0.497 e. The number of ether oxygens (including phenoxy) is 1. The van der Waals surface area contributed by atoms with Gasteiger partial charge in [0, 0.05) is 10.2 Å². The highest BCUT2D eigenvalue weighted by Crippen LogP contribution is 2.14. The topological polar surface area (TPSA) is 45.6 Å². The smallest absolute Gasteiger partial charge is 0.191 e. The van der Waals surface area contributed by atoms with E-state index >= 15 is 0 Å². The maximum atomic E-state index is 5.21. The molecule has 0 aliphatic carbocycles. The number of nitrogens with one attached hydrogen (secondary N) is 2. The van der Waals surface area contributed by atoms with Gasteiger partial charge in [-0.05, 0) is 67.2 Å². The molecule has 124 valence electrons. The predicted octanol–water partition coefficient (Wildman–Crippen LogP) is 4.83. The highest BCUT2D eigenvalue weighted by atomic mass is 79.9. The summed E-state index contributed by atoms with van der Waals surface area (Å²) in [5.41, 5.74) is 5.61. The first kappa shape index (κ1) is 18.2. The van der Waals surface area contributed by atoms with Crippen molar-refractivity contribution in [3.63, 3.8) is 0 Å². The third kappa shape index (κ3) is 6.14. The van der Waals surface area contributed by atoms with Crippen LogP contribution in [0.2, 0.25) is 0 Å². The van der Waals surface area contributed by atoms with Crippen molar-refractivity contribution < 1.29 is 4.74 Å². The van der Waals surface area contributed by atoms with Gasteiger partial charge >= 0.3 is 0 Å². The van der Waals surface area contributed by atoms with Gasteiger partial charge in [0.15, 0.2) is 5.11 Å². The average molecular weight is 404 g/mol. The van der Waals surface area contributed by atoms with Crippen LogP contribution in [0, 0.1) is 0 Å². The SMILES string of the molecule is COc1ccc(/C=C\C(C)=N\NC(=S)Nc2ccc(Br)cc2)cc1. The maximum Gasteiger partial charge on any atom is 0.191 e. The summed E-state index contributed by atoms with van der Waals surface area (Å²) < 4.78 is 6.15. The molecule has 2 N–H and O–H groups in total. The first-order valence-electron chi connectivity index (χ1n) is 7.26. The van der Waals surface area contributed by atoms with E-state index < -0.39 is 0 Å². The molecule has 0 aromatic heterocycles. The van der Waals surface area contributed by atoms with Crippen molar-refractivity contribution in [3.05, 3.63) is 64.6 Å². The number of rotatable bonds is 5. The normalized spacial score (nSPS) is 11.4. The molecule has 0 heterocycles. The van der Waals surface area contributed by atoms with Crippen LogP contribution in [0.5, 0.6) is 5.75 Å². The summed E-state index contributed by atoms with van der Waals surface area (Å²) in [4.78, 5) is 0. The van der Waals surface area contributed by atoms with E-state index in [0.717, 1.165) is 27.2 Å². The van der Waals surface area contributed by atoms with Gasteiger partial charge in [0.05, 0.1) is 12.8 Å². The first-order chi connectivity index (χ1) is 11.6. The standard InChI is InChI=1S/C18H18BrN3OS/c1-13(3-4-14-5-11-17(23-2)12-6-14)21-22-18(24)20-16-9-7-15(19)8-10-16/h3-12H,1-2H3,(H2,20,22,24)/b4-3-,21-13+. The van der Waals surface area contributed by atoms with E-state index in [9.17, 15) is 0 Å². The zero-order valence-electron chi connectivity index (χ0n) is 13.4. The summed E-state index contributed by atoms with van der Waals surface area (Å²) in [6.07, 6.45) is 3.89. The van der Waals surface area contributed by atoms with Crippen LogP contribution in [0.3, 0.4) is 0 Å². The summed E-state index contributed by atoms with van der Waals surface area (Å²) in [5.74, 6) is 0.837. The van der Waals surface area contributed by atoms with Crippen LogP contribution in [-0.4, -0.2) is 17.9 Å². The van der Waals surface area contributed by atoms with Crippen molar-refractivity contribution in [2.45, 2.75) is 6.92 Å². The van der Waals surface area contributed by atoms with E-state index in [0.29, 0.717) is 5.11 Å². The van der Waals surface area contributed by atoms with Gasteiger partial charge in [-0.15, -0.1) is 0 Å². The molecule has 0 atom stereocenters. The second-order valence-electron chi connectivity index (χ2n) is 4.93. The first-order valence-corrected chi connectivity index (χ1v) is 8.46. The monoisotopic (exact) mass is 403 g/mol. The van der Waals surface area contributed by atoms with Gasteiger partial charge < -0.3 is 10.1 Å². The summed E-state index contributed by atoms with van der Waals surface area (Å²) in [6.45, 7) is 1.90. The molecule has 2 rings (SSSR count). The minimum Gasteiger partial charge on any atom is -0.497 e. The van der Waals surface area contributed by atoms with Crippen LogP contribution in [-0.2, 0) is 0 Å². The number of benzene rings is 2. The third-order valence-corrected chi connectivity index (χ3v) is 3.79. The van der Waals surface area contributed by atoms with Crippen LogP contribution in [0.25, 0.3) is 6.08 Å². The Morgan fingerprint density at radius 1 is 1.12 bits per heavy atom. The average Bonchev–Trinajstić information content (AvgIpc) is 2.60. The summed E-state index contributed by atoms with van der Waals surface area (Å²) in [6, 6.07) is 15.5. The fourth-order valence-corrected chi connectivity index (χ4v) is 2.23. The highest BCUT2D eigenvalue weighted by molar-refractivity contribution is 9.10. The van der Waals surface area contributed by atoms with Gasteiger partial charge in [-0.3, -0.25) is 5.43 Å². The van der Waals surface area contributed by atoms with Gasteiger partial charge in [0.2, 0.25) is 0 Å². The molecule has 0 amide bonds. The third-order valence-electron chi connectivity index (χ3n) is 3.07. The molecular weight excluding hydrogens is 386 g/mol. The molecule has 4 nitrogen and oxygen atoms in total. The van der Waals surface area contributed by atoms with E-state index in [1.54, 1.807) is 7.11 Å². The minimum absolute atomic E-state index is 0.439. The molecule has 0 unspecified atom stereocenters. The van der Waals surface area contributed by atoms with E-state index in [1.165, 1.54) is 0 Å². The number of allylic oxidation sites excluding steroid dienone is 1. The molecule has 0 saturated carbocycles. The fourth-order valence-electron chi connectivity index (χ4n) is 1.80. The number of hydrogen-bond donors (Lipinski definition) is 2. The second-order valence-corrected chi connectivity index (χ2v) is 6.26. The zero-order chi connectivity index (χ0) is 17.4. The molecule has 2 aromatic rings. The zero-order valence-corrected chi connectivity index (χ0v) is 15.8. The van der Waals surface area contributed by atoms with Gasteiger partial charge in [0.1, 0.15) is 5.75 Å². The molecule has 0 aliphatic heterocycles. The molecule has 0 saturated heterocycles. The van der Waals surface area contributed by atoms with Crippen LogP contribution in [0.15, 0.2) is 64.2 Å². The summed E-state index contributed by atoms with van der Waals surface area (Å²) >= 11 is 8.61. The van der Waals surface area contributed by atoms with Gasteiger partial charge in [0.25, 0.3) is 0 Å². The number of halogens is 1.